The predicted molar refractivity (Wildman–Crippen MR) is 97.9 cm³/mol. The van der Waals surface area contributed by atoms with Gasteiger partial charge in [-0.05, 0) is 44.1 Å². The quantitative estimate of drug-likeness (QED) is 0.596. The van der Waals surface area contributed by atoms with Crippen LogP contribution < -0.4 is 10.4 Å². The molecule has 0 unspecified atom stereocenters. The zero-order valence-corrected chi connectivity index (χ0v) is 14.8. The Morgan fingerprint density at radius 1 is 1.36 bits per heavy atom. The molecule has 0 aliphatic carbocycles. The second-order valence-electron chi connectivity index (χ2n) is 6.22. The van der Waals surface area contributed by atoms with Crippen LogP contribution in [0.5, 0.6) is 5.75 Å². The van der Waals surface area contributed by atoms with Crippen LogP contribution in [0.1, 0.15) is 25.8 Å². The lowest BCUT2D eigenvalue weighted by Crippen LogP contribution is -2.08. The average Bonchev–Trinajstić information content (AvgIpc) is 2.52. The molecular weight excluding hydrogens is 320 g/mol. The molecule has 2 N–H and O–H groups in total. The molecule has 0 bridgehead atoms. The average molecular weight is 344 g/mol. The summed E-state index contributed by atoms with van der Waals surface area (Å²) in [6, 6.07) is 6.78. The van der Waals surface area contributed by atoms with Gasteiger partial charge in [0, 0.05) is 6.42 Å². The molecule has 0 aliphatic heterocycles. The van der Waals surface area contributed by atoms with Crippen LogP contribution in [0.4, 0.5) is 0 Å². The van der Waals surface area contributed by atoms with E-state index in [0.29, 0.717) is 23.3 Å². The lowest BCUT2D eigenvalue weighted by atomic mass is 10.1. The topological polar surface area (TPSA) is 79.9 Å². The van der Waals surface area contributed by atoms with Crippen molar-refractivity contribution in [3.05, 3.63) is 63.5 Å². The predicted octanol–water partition coefficient (Wildman–Crippen LogP) is 3.12. The molecule has 0 saturated carbocycles. The number of hydrogen-bond acceptors (Lipinski definition) is 5. The van der Waals surface area contributed by atoms with Crippen molar-refractivity contribution in [2.45, 2.75) is 33.3 Å². The second kappa shape index (κ2) is 8.65. The lowest BCUT2D eigenvalue weighted by Gasteiger charge is -2.11. The van der Waals surface area contributed by atoms with E-state index in [1.54, 1.807) is 18.2 Å². The normalized spacial score (nSPS) is 12.9. The zero-order chi connectivity index (χ0) is 18.4. The van der Waals surface area contributed by atoms with Gasteiger partial charge in [0.1, 0.15) is 17.9 Å². The molecule has 2 rings (SSSR count). The molecule has 0 amide bonds. The van der Waals surface area contributed by atoms with E-state index >= 15 is 0 Å². The molecule has 0 fully saturated rings. The van der Waals surface area contributed by atoms with Crippen molar-refractivity contribution in [1.82, 2.24) is 0 Å². The third-order valence-electron chi connectivity index (χ3n) is 3.75. The van der Waals surface area contributed by atoms with Crippen molar-refractivity contribution in [3.8, 4) is 5.75 Å². The highest BCUT2D eigenvalue weighted by atomic mass is 16.5. The number of aliphatic hydroxyl groups is 2. The summed E-state index contributed by atoms with van der Waals surface area (Å²) in [6.45, 7) is 5.75. The smallest absolute Gasteiger partial charge is 0.339 e. The lowest BCUT2D eigenvalue weighted by molar-refractivity contribution is 0.213. The van der Waals surface area contributed by atoms with Gasteiger partial charge in [0.15, 0.2) is 0 Å². The number of benzene rings is 1. The van der Waals surface area contributed by atoms with Gasteiger partial charge in [-0.15, -0.1) is 0 Å². The highest BCUT2D eigenvalue weighted by Crippen LogP contribution is 2.27. The van der Waals surface area contributed by atoms with E-state index in [9.17, 15) is 15.0 Å². The largest absolute Gasteiger partial charge is 0.488 e. The van der Waals surface area contributed by atoms with E-state index in [2.05, 4.69) is 0 Å². The summed E-state index contributed by atoms with van der Waals surface area (Å²) in [5.41, 5.74) is 2.64. The summed E-state index contributed by atoms with van der Waals surface area (Å²) in [5, 5.41) is 20.1. The summed E-state index contributed by atoms with van der Waals surface area (Å²) < 4.78 is 10.9. The van der Waals surface area contributed by atoms with Crippen molar-refractivity contribution < 1.29 is 19.4 Å². The first kappa shape index (κ1) is 19.0. The SMILES string of the molecule is CC(C)=C[C@H](O)C/C(=C/COc1cc(=O)oc2cccc(C)c12)CO. The number of allylic oxidation sites excluding steroid dienone is 1. The minimum absolute atomic E-state index is 0.159. The number of aryl methyl sites for hydroxylation is 1. The van der Waals surface area contributed by atoms with Crippen LogP contribution in [0.25, 0.3) is 11.0 Å². The molecule has 1 aromatic carbocycles. The fraction of sp³-hybridized carbons (Fsp3) is 0.350. The van der Waals surface area contributed by atoms with E-state index in [-0.39, 0.29) is 13.2 Å². The maximum Gasteiger partial charge on any atom is 0.339 e. The Balaban J connectivity index is 2.16. The summed E-state index contributed by atoms with van der Waals surface area (Å²) in [5.74, 6) is 0.447. The van der Waals surface area contributed by atoms with E-state index in [4.69, 9.17) is 9.15 Å². The first-order valence-corrected chi connectivity index (χ1v) is 8.19. The van der Waals surface area contributed by atoms with Gasteiger partial charge in [-0.2, -0.15) is 0 Å². The number of aliphatic hydroxyl groups excluding tert-OH is 2. The molecule has 0 saturated heterocycles. The second-order valence-corrected chi connectivity index (χ2v) is 6.22. The molecule has 1 heterocycles. The third-order valence-corrected chi connectivity index (χ3v) is 3.75. The van der Waals surface area contributed by atoms with Crippen molar-refractivity contribution in [2.75, 3.05) is 13.2 Å². The highest BCUT2D eigenvalue weighted by molar-refractivity contribution is 5.86. The van der Waals surface area contributed by atoms with Crippen LogP contribution in [0.3, 0.4) is 0 Å². The number of hydrogen-bond donors (Lipinski definition) is 2. The minimum Gasteiger partial charge on any atom is -0.488 e. The van der Waals surface area contributed by atoms with Crippen molar-refractivity contribution >= 4 is 11.0 Å². The molecule has 134 valence electrons. The Bertz CT molecular complexity index is 841. The standard InChI is InChI=1S/C20H24O5/c1-13(2)9-16(22)10-15(12-21)7-8-24-18-11-19(23)25-17-6-4-5-14(3)20(17)18/h4-7,9,11,16,21-22H,8,10,12H2,1-3H3/b15-7-/t16-/m0/s1. The van der Waals surface area contributed by atoms with E-state index < -0.39 is 11.7 Å². The van der Waals surface area contributed by atoms with E-state index in [1.165, 1.54) is 6.07 Å². The van der Waals surface area contributed by atoms with Crippen molar-refractivity contribution in [3.63, 3.8) is 0 Å². The molecule has 0 spiro atoms. The van der Waals surface area contributed by atoms with Gasteiger partial charge in [0.05, 0.1) is 24.2 Å². The summed E-state index contributed by atoms with van der Waals surface area (Å²) >= 11 is 0. The third kappa shape index (κ3) is 5.31. The van der Waals surface area contributed by atoms with Crippen LogP contribution in [0, 0.1) is 6.92 Å². The van der Waals surface area contributed by atoms with Crippen LogP contribution in [-0.4, -0.2) is 29.5 Å². The van der Waals surface area contributed by atoms with Crippen molar-refractivity contribution in [2.24, 2.45) is 0 Å². The zero-order valence-electron chi connectivity index (χ0n) is 14.8. The minimum atomic E-state index is -0.643. The van der Waals surface area contributed by atoms with Crippen molar-refractivity contribution in [1.29, 1.82) is 0 Å². The van der Waals surface area contributed by atoms with E-state index in [0.717, 1.165) is 16.5 Å². The van der Waals surface area contributed by atoms with Gasteiger partial charge in [0.2, 0.25) is 0 Å². The molecule has 0 radical (unpaired) electrons. The Morgan fingerprint density at radius 2 is 2.12 bits per heavy atom. The Labute approximate surface area is 146 Å². The van der Waals surface area contributed by atoms with Gasteiger partial charge in [-0.1, -0.05) is 23.8 Å². The number of fused-ring (bicyclic) bond motifs is 1. The summed E-state index contributed by atoms with van der Waals surface area (Å²) in [7, 11) is 0. The van der Waals surface area contributed by atoms with Crippen LogP contribution in [0.15, 0.2) is 56.8 Å². The van der Waals surface area contributed by atoms with E-state index in [1.807, 2.05) is 32.9 Å². The molecule has 1 atom stereocenters. The van der Waals surface area contributed by atoms with Gasteiger partial charge in [-0.3, -0.25) is 0 Å². The molecule has 2 aromatic rings. The first-order chi connectivity index (χ1) is 11.9. The fourth-order valence-corrected chi connectivity index (χ4v) is 2.65. The molecule has 1 aromatic heterocycles. The number of ether oxygens (including phenoxy) is 1. The van der Waals surface area contributed by atoms with Gasteiger partial charge < -0.3 is 19.4 Å². The highest BCUT2D eigenvalue weighted by Gasteiger charge is 2.09. The first-order valence-electron chi connectivity index (χ1n) is 8.19. The molecule has 25 heavy (non-hydrogen) atoms. The molecule has 5 heteroatoms. The number of rotatable bonds is 7. The maximum atomic E-state index is 11.7. The summed E-state index contributed by atoms with van der Waals surface area (Å²) in [4.78, 5) is 11.7. The van der Waals surface area contributed by atoms with Gasteiger partial charge in [0.25, 0.3) is 0 Å². The Hall–Kier alpha value is -2.37. The van der Waals surface area contributed by atoms with Gasteiger partial charge in [-0.25, -0.2) is 4.79 Å². The van der Waals surface area contributed by atoms with Crippen LogP contribution in [0.2, 0.25) is 0 Å². The maximum absolute atomic E-state index is 11.7. The molecular formula is C20H24O5. The Morgan fingerprint density at radius 3 is 2.80 bits per heavy atom. The fourth-order valence-electron chi connectivity index (χ4n) is 2.65. The molecule has 0 aliphatic rings. The summed E-state index contributed by atoms with van der Waals surface area (Å²) in [6.07, 6.45) is 3.15. The molecule has 5 nitrogen and oxygen atoms in total. The monoisotopic (exact) mass is 344 g/mol. The van der Waals surface area contributed by atoms with Crippen LogP contribution in [-0.2, 0) is 0 Å². The Kier molecular flexibility index (Phi) is 6.56. The van der Waals surface area contributed by atoms with Gasteiger partial charge >= 0.3 is 5.63 Å². The van der Waals surface area contributed by atoms with Crippen LogP contribution >= 0.6 is 0 Å².